The van der Waals surface area contributed by atoms with Gasteiger partial charge in [0.05, 0.1) is 6.10 Å². The second kappa shape index (κ2) is 12.4. The van der Waals surface area contributed by atoms with Gasteiger partial charge >= 0.3 is 29.6 Å². The maximum Gasteiger partial charge on any atom is 1.00 e. The molecule has 0 aliphatic carbocycles. The van der Waals surface area contributed by atoms with Crippen molar-refractivity contribution in [2.45, 2.75) is 20.0 Å². The third-order valence-corrected chi connectivity index (χ3v) is 0.739. The molecule has 0 aliphatic heterocycles. The molecule has 13 heavy (non-hydrogen) atoms. The van der Waals surface area contributed by atoms with Crippen LogP contribution in [0.2, 0.25) is 0 Å². The van der Waals surface area contributed by atoms with Crippen LogP contribution in [0.25, 0.3) is 0 Å². The molecular weight excluding hydrogens is 217 g/mol. The van der Waals surface area contributed by atoms with Crippen molar-refractivity contribution in [2.24, 2.45) is 5.73 Å². The van der Waals surface area contributed by atoms with Gasteiger partial charge in [-0.3, -0.25) is 4.79 Å². The summed E-state index contributed by atoms with van der Waals surface area (Å²) in [5.74, 6) is -0.481. The number of carbonyl (C=O) groups is 1. The van der Waals surface area contributed by atoms with Crippen LogP contribution in [0.4, 0.5) is 0 Å². The minimum absolute atomic E-state index is 0. The number of nitrogens with two attached hydrogens (primary N) is 1. The van der Waals surface area contributed by atoms with E-state index < -0.39 is 5.91 Å². The second-order valence-electron chi connectivity index (χ2n) is 2.04. The molecule has 3 nitrogen and oxygen atoms in total. The zero-order chi connectivity index (χ0) is 10.1. The summed E-state index contributed by atoms with van der Waals surface area (Å²) in [5.41, 5.74) is 4.53. The fraction of sp³-hybridized carbons (Fsp3) is 0.429. The molecule has 2 N–H and O–H groups in total. The van der Waals surface area contributed by atoms with Gasteiger partial charge in [0, 0.05) is 0 Å². The Balaban J connectivity index is -0.0000000651. The molecule has 0 aromatic heterocycles. The first-order chi connectivity index (χ1) is 5.40. The summed E-state index contributed by atoms with van der Waals surface area (Å²) in [6, 6.07) is 0. The van der Waals surface area contributed by atoms with Crippen molar-refractivity contribution in [1.29, 1.82) is 0 Å². The van der Waals surface area contributed by atoms with Crippen LogP contribution in [0.3, 0.4) is 0 Å². The summed E-state index contributed by atoms with van der Waals surface area (Å²) in [4.78, 5) is 9.47. The minimum atomic E-state index is -0.481. The zero-order valence-electron chi connectivity index (χ0n) is 9.11. The van der Waals surface area contributed by atoms with Crippen molar-refractivity contribution in [3.8, 4) is 0 Å². The number of thiocarbonyl (C=S) groups is 1. The number of carbonyl (C=O) groups excluding carboxylic acids is 1. The Bertz CT molecular complexity index is 179. The smallest absolute Gasteiger partial charge is 1.00 e. The van der Waals surface area contributed by atoms with Gasteiger partial charge in [0.25, 0.3) is 0 Å². The zero-order valence-corrected chi connectivity index (χ0v) is 11.8. The van der Waals surface area contributed by atoms with Crippen LogP contribution in [0.5, 0.6) is 0 Å². The van der Waals surface area contributed by atoms with Crippen LogP contribution in [0.1, 0.15) is 15.3 Å². The predicted octanol–water partition coefficient (Wildman–Crippen LogP) is -1.60. The Morgan fingerprint density at radius 3 is 2.08 bits per heavy atom. The fourth-order valence-corrected chi connectivity index (χ4v) is 0.605. The minimum Gasteiger partial charge on any atom is -1.00 e. The summed E-state index contributed by atoms with van der Waals surface area (Å²) in [6.45, 7) is 6.90. The molecule has 1 amide bonds. The Morgan fingerprint density at radius 2 is 2.08 bits per heavy atom. The fourth-order valence-electron chi connectivity index (χ4n) is 0.202. The molecule has 0 spiro atoms. The second-order valence-corrected chi connectivity index (χ2v) is 3.12. The number of amides is 1. The first-order valence-corrected chi connectivity index (χ1v) is 4.07. The molecule has 6 heteroatoms. The third-order valence-electron chi connectivity index (χ3n) is 0.538. The molecule has 0 aromatic rings. The largest absolute Gasteiger partial charge is 1.00 e. The number of thiol groups is 1. The summed E-state index contributed by atoms with van der Waals surface area (Å²) in [6.07, 6.45) is 1.21. The van der Waals surface area contributed by atoms with E-state index in [2.05, 4.69) is 37.2 Å². The number of hydrogen-bond donors (Lipinski definition) is 2. The average molecular weight is 231 g/mol. The van der Waals surface area contributed by atoms with Crippen molar-refractivity contribution in [2.75, 3.05) is 0 Å². The van der Waals surface area contributed by atoms with Crippen LogP contribution < -0.4 is 35.3 Å². The van der Waals surface area contributed by atoms with Gasteiger partial charge in [-0.2, -0.15) is 0 Å². The van der Waals surface area contributed by atoms with E-state index in [0.29, 0.717) is 4.38 Å². The predicted molar refractivity (Wildman–Crippen MR) is 58.3 cm³/mol. The van der Waals surface area contributed by atoms with E-state index >= 15 is 0 Å². The number of primary amides is 1. The Morgan fingerprint density at radius 1 is 1.77 bits per heavy atom. The number of ether oxygens (including phenoxy) is 1. The van der Waals surface area contributed by atoms with E-state index in [4.69, 9.17) is 4.74 Å². The molecule has 0 fully saturated rings. The van der Waals surface area contributed by atoms with Crippen molar-refractivity contribution in [3.05, 3.63) is 12.7 Å². The van der Waals surface area contributed by atoms with Crippen molar-refractivity contribution < 1.29 is 40.5 Å². The van der Waals surface area contributed by atoms with E-state index in [1.54, 1.807) is 0 Å². The molecule has 0 saturated heterocycles. The van der Waals surface area contributed by atoms with E-state index in [1.807, 2.05) is 13.8 Å². The van der Waals surface area contributed by atoms with Gasteiger partial charge in [-0.25, -0.2) is 0 Å². The van der Waals surface area contributed by atoms with Crippen molar-refractivity contribution >= 4 is 35.1 Å². The molecule has 0 atom stereocenters. The van der Waals surface area contributed by atoms with Crippen LogP contribution in [0, 0.1) is 0 Å². The molecule has 0 unspecified atom stereocenters. The number of rotatable bonds is 2. The van der Waals surface area contributed by atoms with Gasteiger partial charge < -0.3 is 11.9 Å². The van der Waals surface area contributed by atoms with Gasteiger partial charge in [0.15, 0.2) is 0 Å². The molecule has 0 aliphatic rings. The Kier molecular flexibility index (Phi) is 18.3. The first kappa shape index (κ1) is 19.1. The molecule has 0 saturated carbocycles. The van der Waals surface area contributed by atoms with Gasteiger partial charge in [0.1, 0.15) is 0 Å². The van der Waals surface area contributed by atoms with Gasteiger partial charge in [-0.1, -0.05) is 19.2 Å². The summed E-state index contributed by atoms with van der Waals surface area (Å²) in [5, 5.41) is 0. The molecule has 0 heterocycles. The van der Waals surface area contributed by atoms with E-state index in [9.17, 15) is 4.79 Å². The van der Waals surface area contributed by atoms with Gasteiger partial charge in [-0.15, -0.1) is 0 Å². The van der Waals surface area contributed by atoms with Gasteiger partial charge in [0.2, 0.25) is 10.3 Å². The van der Waals surface area contributed by atoms with Crippen LogP contribution >= 0.6 is 24.8 Å². The molecule has 0 radical (unpaired) electrons. The summed E-state index contributed by atoms with van der Waals surface area (Å²) < 4.78 is 5.16. The third kappa shape index (κ3) is 32.7. The van der Waals surface area contributed by atoms with E-state index in [1.165, 1.54) is 0 Å². The Hall–Kier alpha value is 0.450. The van der Waals surface area contributed by atoms with Gasteiger partial charge in [-0.05, 0) is 32.1 Å². The number of hydrogen-bond acceptors (Lipinski definition) is 3. The monoisotopic (exact) mass is 231 g/mol. The maximum absolute atomic E-state index is 9.47. The van der Waals surface area contributed by atoms with Crippen LogP contribution in [0.15, 0.2) is 12.7 Å². The molecular formula is C7H14NNaO2S2. The normalized spacial score (nSPS) is 7.38. The maximum atomic E-state index is 9.47. The quantitative estimate of drug-likeness (QED) is 0.260. The van der Waals surface area contributed by atoms with Crippen LogP contribution in [-0.2, 0) is 9.53 Å². The molecule has 0 aromatic carbocycles. The van der Waals surface area contributed by atoms with E-state index in [-0.39, 0.29) is 37.1 Å². The Labute approximate surface area is 113 Å². The van der Waals surface area contributed by atoms with Crippen LogP contribution in [-0.4, -0.2) is 16.4 Å². The van der Waals surface area contributed by atoms with E-state index in [0.717, 1.165) is 6.08 Å². The molecule has 72 valence electrons. The molecule has 0 rings (SSSR count). The first-order valence-electron chi connectivity index (χ1n) is 3.21. The summed E-state index contributed by atoms with van der Waals surface area (Å²) >= 11 is 8.26. The summed E-state index contributed by atoms with van der Waals surface area (Å²) in [7, 11) is 0. The standard InChI is InChI=1S/C4H8OS2.C3H5NO.Na.H/c1-3(2)5-4(6)7;1-2-3(4)5;;/h3H,1-2H3,(H,6,7);2H,1H2,(H2,4,5);;/q;;+1;-1. The molecule has 0 bridgehead atoms. The van der Waals surface area contributed by atoms with Crippen molar-refractivity contribution in [3.63, 3.8) is 0 Å². The SMILES string of the molecule is C=CC(N)=O.CC(C)OC(=S)S.[H-].[Na+]. The average Bonchev–Trinajstić information content (AvgIpc) is 1.85. The van der Waals surface area contributed by atoms with Crippen molar-refractivity contribution in [1.82, 2.24) is 0 Å². The topological polar surface area (TPSA) is 52.3 Å².